The van der Waals surface area contributed by atoms with Crippen LogP contribution >= 0.6 is 0 Å². The number of hydrogen-bond acceptors (Lipinski definition) is 4. The molecule has 0 spiro atoms. The molecule has 2 aliphatic rings. The van der Waals surface area contributed by atoms with Gasteiger partial charge in [0.05, 0.1) is 5.75 Å². The van der Waals surface area contributed by atoms with Gasteiger partial charge in [-0.25, -0.2) is 13.1 Å². The lowest BCUT2D eigenvalue weighted by Gasteiger charge is -2.33. The van der Waals surface area contributed by atoms with Gasteiger partial charge in [-0.3, -0.25) is 9.59 Å². The molecule has 126 valence electrons. The number of rotatable bonds is 6. The first-order valence-corrected chi connectivity index (χ1v) is 9.64. The second kappa shape index (κ2) is 7.41. The highest BCUT2D eigenvalue weighted by atomic mass is 32.2. The van der Waals surface area contributed by atoms with E-state index in [0.717, 1.165) is 6.42 Å². The van der Waals surface area contributed by atoms with Gasteiger partial charge in [-0.1, -0.05) is 13.3 Å². The van der Waals surface area contributed by atoms with Crippen LogP contribution in [0, 0.1) is 0 Å². The van der Waals surface area contributed by atoms with Crippen molar-refractivity contribution in [2.24, 2.45) is 0 Å². The second-order valence-corrected chi connectivity index (χ2v) is 7.92. The number of amides is 2. The third-order valence-electron chi connectivity index (χ3n) is 4.21. The molecular formula is C14H25N3O4S. The monoisotopic (exact) mass is 331 g/mol. The molecule has 2 N–H and O–H groups in total. The molecule has 1 unspecified atom stereocenters. The molecule has 2 rings (SSSR count). The maximum atomic E-state index is 12.3. The van der Waals surface area contributed by atoms with Gasteiger partial charge in [0.15, 0.2) is 0 Å². The number of nitrogens with one attached hydrogen (secondary N) is 2. The number of likely N-dealkylation sites (tertiary alicyclic amines) is 1. The predicted octanol–water partition coefficient (Wildman–Crippen LogP) is -0.0245. The lowest BCUT2D eigenvalue weighted by molar-refractivity contribution is -0.135. The van der Waals surface area contributed by atoms with Crippen LogP contribution in [0.15, 0.2) is 0 Å². The molecule has 2 aliphatic heterocycles. The van der Waals surface area contributed by atoms with Crippen molar-refractivity contribution in [3.8, 4) is 0 Å². The van der Waals surface area contributed by atoms with Crippen molar-refractivity contribution in [1.29, 1.82) is 0 Å². The summed E-state index contributed by atoms with van der Waals surface area (Å²) in [5.41, 5.74) is 0. The van der Waals surface area contributed by atoms with E-state index in [9.17, 15) is 18.0 Å². The fraction of sp³-hybridized carbons (Fsp3) is 0.857. The minimum absolute atomic E-state index is 0.0434. The minimum atomic E-state index is -3.21. The minimum Gasteiger partial charge on any atom is -0.344 e. The summed E-state index contributed by atoms with van der Waals surface area (Å²) in [4.78, 5) is 25.2. The highest BCUT2D eigenvalue weighted by Crippen LogP contribution is 2.16. The first kappa shape index (κ1) is 17.2. The molecule has 7 nitrogen and oxygen atoms in total. The maximum Gasteiger partial charge on any atom is 0.245 e. The van der Waals surface area contributed by atoms with Gasteiger partial charge in [0, 0.05) is 25.6 Å². The van der Waals surface area contributed by atoms with Crippen molar-refractivity contribution >= 4 is 21.8 Å². The van der Waals surface area contributed by atoms with Crippen LogP contribution in [-0.2, 0) is 19.6 Å². The summed E-state index contributed by atoms with van der Waals surface area (Å²) in [6, 6.07) is -0.491. The smallest absolute Gasteiger partial charge is 0.245 e. The van der Waals surface area contributed by atoms with E-state index < -0.39 is 16.1 Å². The largest absolute Gasteiger partial charge is 0.344 e. The zero-order valence-electron chi connectivity index (χ0n) is 13.0. The summed E-state index contributed by atoms with van der Waals surface area (Å²) < 4.78 is 26.5. The van der Waals surface area contributed by atoms with Crippen molar-refractivity contribution < 1.29 is 18.0 Å². The Balaban J connectivity index is 1.78. The van der Waals surface area contributed by atoms with Crippen LogP contribution < -0.4 is 10.0 Å². The molecule has 0 aliphatic carbocycles. The van der Waals surface area contributed by atoms with E-state index in [4.69, 9.17) is 0 Å². The number of piperidine rings is 1. The summed E-state index contributed by atoms with van der Waals surface area (Å²) in [6.07, 6.45) is 3.72. The van der Waals surface area contributed by atoms with Crippen molar-refractivity contribution in [3.05, 3.63) is 0 Å². The van der Waals surface area contributed by atoms with E-state index in [1.54, 1.807) is 4.90 Å². The molecular weight excluding hydrogens is 306 g/mol. The van der Waals surface area contributed by atoms with E-state index in [1.807, 2.05) is 6.92 Å². The topological polar surface area (TPSA) is 95.6 Å². The van der Waals surface area contributed by atoms with Crippen LogP contribution in [0.5, 0.6) is 0 Å². The molecule has 0 bridgehead atoms. The zero-order valence-corrected chi connectivity index (χ0v) is 13.8. The van der Waals surface area contributed by atoms with Crippen molar-refractivity contribution in [2.75, 3.05) is 18.8 Å². The van der Waals surface area contributed by atoms with Gasteiger partial charge < -0.3 is 10.2 Å². The van der Waals surface area contributed by atoms with E-state index in [2.05, 4.69) is 10.0 Å². The zero-order chi connectivity index (χ0) is 16.2. The predicted molar refractivity (Wildman–Crippen MR) is 82.6 cm³/mol. The maximum absolute atomic E-state index is 12.3. The van der Waals surface area contributed by atoms with Crippen molar-refractivity contribution in [3.63, 3.8) is 0 Å². The number of unbranched alkanes of at least 4 members (excludes halogenated alkanes) is 1. The van der Waals surface area contributed by atoms with Gasteiger partial charge in [0.1, 0.15) is 6.04 Å². The molecule has 0 radical (unpaired) electrons. The van der Waals surface area contributed by atoms with E-state index in [-0.39, 0.29) is 23.6 Å². The number of nitrogens with zero attached hydrogens (tertiary/aromatic N) is 1. The SMILES string of the molecule is CCCCS(=O)(=O)NC1CCN(C(=O)C2CCC(=O)N2)CC1. The Bertz CT molecular complexity index is 512. The van der Waals surface area contributed by atoms with Gasteiger partial charge in [-0.15, -0.1) is 0 Å². The Morgan fingerprint density at radius 3 is 2.55 bits per heavy atom. The Morgan fingerprint density at radius 1 is 1.32 bits per heavy atom. The average Bonchev–Trinajstić information content (AvgIpc) is 2.91. The second-order valence-electron chi connectivity index (χ2n) is 6.05. The van der Waals surface area contributed by atoms with E-state index >= 15 is 0 Å². The van der Waals surface area contributed by atoms with Gasteiger partial charge >= 0.3 is 0 Å². The molecule has 2 fully saturated rings. The van der Waals surface area contributed by atoms with Gasteiger partial charge in [-0.05, 0) is 25.7 Å². The third kappa shape index (κ3) is 4.67. The van der Waals surface area contributed by atoms with Gasteiger partial charge in [0.2, 0.25) is 21.8 Å². The molecule has 0 aromatic heterocycles. The molecule has 8 heteroatoms. The van der Waals surface area contributed by atoms with Gasteiger partial charge in [-0.2, -0.15) is 0 Å². The van der Waals surface area contributed by atoms with E-state index in [1.165, 1.54) is 0 Å². The fourth-order valence-corrected chi connectivity index (χ4v) is 4.41. The Morgan fingerprint density at radius 2 is 2.00 bits per heavy atom. The summed E-state index contributed by atoms with van der Waals surface area (Å²) in [5, 5.41) is 2.68. The Kier molecular flexibility index (Phi) is 5.80. The van der Waals surface area contributed by atoms with Crippen LogP contribution in [-0.4, -0.2) is 56.1 Å². The molecule has 0 aromatic rings. The number of carbonyl (C=O) groups excluding carboxylic acids is 2. The quantitative estimate of drug-likeness (QED) is 0.715. The Hall–Kier alpha value is -1.15. The third-order valence-corrected chi connectivity index (χ3v) is 5.73. The van der Waals surface area contributed by atoms with Crippen molar-refractivity contribution in [1.82, 2.24) is 14.9 Å². The lowest BCUT2D eigenvalue weighted by Crippen LogP contribution is -2.51. The fourth-order valence-electron chi connectivity index (χ4n) is 2.88. The standard InChI is InChI=1S/C14H25N3O4S/c1-2-3-10-22(20,21)16-11-6-8-17(9-7-11)14(19)12-4-5-13(18)15-12/h11-12,16H,2-10H2,1H3,(H,15,18). The molecule has 22 heavy (non-hydrogen) atoms. The van der Waals surface area contributed by atoms with Crippen LogP contribution in [0.1, 0.15) is 45.4 Å². The summed E-state index contributed by atoms with van der Waals surface area (Å²) in [7, 11) is -3.21. The van der Waals surface area contributed by atoms with Crippen LogP contribution in [0.3, 0.4) is 0 Å². The molecule has 1 atom stereocenters. The van der Waals surface area contributed by atoms with Crippen LogP contribution in [0.2, 0.25) is 0 Å². The van der Waals surface area contributed by atoms with Crippen LogP contribution in [0.4, 0.5) is 0 Å². The van der Waals surface area contributed by atoms with Gasteiger partial charge in [0.25, 0.3) is 0 Å². The summed E-state index contributed by atoms with van der Waals surface area (Å²) in [6.45, 7) is 3.03. The lowest BCUT2D eigenvalue weighted by atomic mass is 10.0. The number of sulfonamides is 1. The summed E-state index contributed by atoms with van der Waals surface area (Å²) >= 11 is 0. The van der Waals surface area contributed by atoms with E-state index in [0.29, 0.717) is 45.2 Å². The highest BCUT2D eigenvalue weighted by Gasteiger charge is 2.33. The number of carbonyl (C=O) groups is 2. The highest BCUT2D eigenvalue weighted by molar-refractivity contribution is 7.89. The number of hydrogen-bond donors (Lipinski definition) is 2. The average molecular weight is 331 g/mol. The molecule has 0 saturated carbocycles. The molecule has 2 saturated heterocycles. The molecule has 2 amide bonds. The normalized spacial score (nSPS) is 23.6. The van der Waals surface area contributed by atoms with Crippen molar-refractivity contribution in [2.45, 2.75) is 57.5 Å². The molecule has 2 heterocycles. The first-order chi connectivity index (χ1) is 10.4. The van der Waals surface area contributed by atoms with Crippen LogP contribution in [0.25, 0.3) is 0 Å². The Labute approximate surface area is 131 Å². The first-order valence-electron chi connectivity index (χ1n) is 7.99. The molecule has 0 aromatic carbocycles. The summed E-state index contributed by atoms with van der Waals surface area (Å²) in [5.74, 6) is 0.0478.